The van der Waals surface area contributed by atoms with Gasteiger partial charge < -0.3 is 10.1 Å². The maximum absolute atomic E-state index is 13.6. The SMILES string of the molecule is CCNC(CCOCC(F)(F)F)c1cc(F)c(F)cc1F. The van der Waals surface area contributed by atoms with Gasteiger partial charge in [0.15, 0.2) is 11.6 Å². The van der Waals surface area contributed by atoms with Crippen molar-refractivity contribution in [3.63, 3.8) is 0 Å². The summed E-state index contributed by atoms with van der Waals surface area (Å²) in [6.07, 6.45) is -4.45. The summed E-state index contributed by atoms with van der Waals surface area (Å²) in [5, 5.41) is 2.79. The molecule has 0 saturated carbocycles. The molecule has 0 spiro atoms. The highest BCUT2D eigenvalue weighted by atomic mass is 19.4. The largest absolute Gasteiger partial charge is 0.411 e. The maximum Gasteiger partial charge on any atom is 0.411 e. The minimum absolute atomic E-state index is 0.00802. The molecule has 1 aromatic rings. The van der Waals surface area contributed by atoms with Gasteiger partial charge in [-0.05, 0) is 19.0 Å². The average molecular weight is 315 g/mol. The first-order chi connectivity index (χ1) is 9.74. The predicted octanol–water partition coefficient (Wildman–Crippen LogP) is 3.72. The fourth-order valence-electron chi connectivity index (χ4n) is 1.81. The van der Waals surface area contributed by atoms with E-state index in [1.165, 1.54) is 0 Å². The summed E-state index contributed by atoms with van der Waals surface area (Å²) in [5.74, 6) is -3.50. The molecule has 0 aromatic heterocycles. The van der Waals surface area contributed by atoms with Crippen LogP contribution < -0.4 is 5.32 Å². The Balaban J connectivity index is 2.71. The first-order valence-corrected chi connectivity index (χ1v) is 6.27. The molecule has 120 valence electrons. The number of halogens is 6. The number of benzene rings is 1. The summed E-state index contributed by atoms with van der Waals surface area (Å²) in [4.78, 5) is 0. The smallest absolute Gasteiger partial charge is 0.372 e. The highest BCUT2D eigenvalue weighted by Crippen LogP contribution is 2.23. The minimum Gasteiger partial charge on any atom is -0.372 e. The number of rotatable bonds is 7. The Kier molecular flexibility index (Phi) is 6.47. The van der Waals surface area contributed by atoms with Crippen molar-refractivity contribution in [3.8, 4) is 0 Å². The lowest BCUT2D eigenvalue weighted by molar-refractivity contribution is -0.174. The Morgan fingerprint density at radius 1 is 1.10 bits per heavy atom. The van der Waals surface area contributed by atoms with Crippen LogP contribution in [0.2, 0.25) is 0 Å². The Labute approximate surface area is 118 Å². The Morgan fingerprint density at radius 2 is 1.71 bits per heavy atom. The van der Waals surface area contributed by atoms with Crippen LogP contribution in [0.4, 0.5) is 26.3 Å². The van der Waals surface area contributed by atoms with Gasteiger partial charge in [0.05, 0.1) is 0 Å². The van der Waals surface area contributed by atoms with Crippen LogP contribution in [0.3, 0.4) is 0 Å². The summed E-state index contributed by atoms with van der Waals surface area (Å²) in [7, 11) is 0. The Bertz CT molecular complexity index is 463. The lowest BCUT2D eigenvalue weighted by atomic mass is 10.0. The second-order valence-corrected chi connectivity index (χ2v) is 4.35. The zero-order chi connectivity index (χ0) is 16.0. The summed E-state index contributed by atoms with van der Waals surface area (Å²) in [6, 6.07) is 0.339. The Morgan fingerprint density at radius 3 is 2.29 bits per heavy atom. The molecular weight excluding hydrogens is 300 g/mol. The quantitative estimate of drug-likeness (QED) is 0.470. The fraction of sp³-hybridized carbons (Fsp3) is 0.538. The van der Waals surface area contributed by atoms with Crippen LogP contribution in [0.25, 0.3) is 0 Å². The molecule has 0 saturated heterocycles. The number of ether oxygens (including phenoxy) is 1. The molecular formula is C13H15F6NO. The summed E-state index contributed by atoms with van der Waals surface area (Å²) >= 11 is 0. The number of hydrogen-bond acceptors (Lipinski definition) is 2. The van der Waals surface area contributed by atoms with Crippen molar-refractivity contribution >= 4 is 0 Å². The van der Waals surface area contributed by atoms with Crippen LogP contribution in [-0.4, -0.2) is 25.9 Å². The monoisotopic (exact) mass is 315 g/mol. The summed E-state index contributed by atoms with van der Waals surface area (Å²) < 4.78 is 79.8. The molecule has 0 bridgehead atoms. The van der Waals surface area contributed by atoms with Gasteiger partial charge in [-0.1, -0.05) is 6.92 Å². The lowest BCUT2D eigenvalue weighted by Crippen LogP contribution is -2.25. The van der Waals surface area contributed by atoms with Crippen molar-refractivity contribution in [1.29, 1.82) is 0 Å². The fourth-order valence-corrected chi connectivity index (χ4v) is 1.81. The van der Waals surface area contributed by atoms with Crippen molar-refractivity contribution in [2.24, 2.45) is 0 Å². The molecule has 21 heavy (non-hydrogen) atoms. The molecule has 0 heterocycles. The van der Waals surface area contributed by atoms with E-state index in [0.29, 0.717) is 18.7 Å². The van der Waals surface area contributed by atoms with Crippen molar-refractivity contribution in [2.45, 2.75) is 25.6 Å². The van der Waals surface area contributed by atoms with Crippen LogP contribution in [0.5, 0.6) is 0 Å². The Hall–Kier alpha value is -1.28. The van der Waals surface area contributed by atoms with E-state index >= 15 is 0 Å². The number of alkyl halides is 3. The van der Waals surface area contributed by atoms with Crippen LogP contribution in [-0.2, 0) is 4.74 Å². The molecule has 0 aliphatic carbocycles. The second kappa shape index (κ2) is 7.65. The number of nitrogens with one attached hydrogen (secondary N) is 1. The van der Waals surface area contributed by atoms with Crippen molar-refractivity contribution < 1.29 is 31.1 Å². The third-order valence-corrected chi connectivity index (χ3v) is 2.68. The highest BCUT2D eigenvalue weighted by Gasteiger charge is 2.27. The third-order valence-electron chi connectivity index (χ3n) is 2.68. The second-order valence-electron chi connectivity index (χ2n) is 4.35. The first-order valence-electron chi connectivity index (χ1n) is 6.27. The molecule has 1 N–H and O–H groups in total. The molecule has 1 atom stereocenters. The molecule has 0 aliphatic heterocycles. The van der Waals surface area contributed by atoms with E-state index in [0.717, 1.165) is 0 Å². The van der Waals surface area contributed by atoms with Gasteiger partial charge in [-0.2, -0.15) is 13.2 Å². The third kappa shape index (κ3) is 5.92. The molecule has 1 aromatic carbocycles. The predicted molar refractivity (Wildman–Crippen MR) is 64.2 cm³/mol. The average Bonchev–Trinajstić information content (AvgIpc) is 2.36. The van der Waals surface area contributed by atoms with Crippen molar-refractivity contribution in [1.82, 2.24) is 5.32 Å². The van der Waals surface area contributed by atoms with E-state index in [-0.39, 0.29) is 18.6 Å². The normalized spacial score (nSPS) is 13.5. The minimum atomic E-state index is -4.44. The van der Waals surface area contributed by atoms with E-state index in [1.807, 2.05) is 0 Å². The van der Waals surface area contributed by atoms with Crippen molar-refractivity contribution in [2.75, 3.05) is 19.8 Å². The van der Waals surface area contributed by atoms with E-state index in [4.69, 9.17) is 0 Å². The van der Waals surface area contributed by atoms with Gasteiger partial charge in [-0.15, -0.1) is 0 Å². The van der Waals surface area contributed by atoms with Gasteiger partial charge in [0.2, 0.25) is 0 Å². The van der Waals surface area contributed by atoms with Gasteiger partial charge >= 0.3 is 6.18 Å². The van der Waals surface area contributed by atoms with Crippen LogP contribution in [0, 0.1) is 17.5 Å². The summed E-state index contributed by atoms with van der Waals surface area (Å²) in [6.45, 7) is 0.367. The molecule has 1 unspecified atom stereocenters. The van der Waals surface area contributed by atoms with Crippen LogP contribution in [0.15, 0.2) is 12.1 Å². The molecule has 8 heteroatoms. The maximum atomic E-state index is 13.6. The zero-order valence-electron chi connectivity index (χ0n) is 11.2. The number of hydrogen-bond donors (Lipinski definition) is 1. The standard InChI is InChI=1S/C13H15F6NO/c1-2-20-12(3-4-21-7-13(17,18)19)8-5-10(15)11(16)6-9(8)14/h5-6,12,20H,2-4,7H2,1H3. The van der Waals surface area contributed by atoms with Crippen LogP contribution >= 0.6 is 0 Å². The molecule has 0 radical (unpaired) electrons. The summed E-state index contributed by atoms with van der Waals surface area (Å²) in [5.41, 5.74) is -0.147. The first kappa shape index (κ1) is 17.8. The van der Waals surface area contributed by atoms with Gasteiger partial charge in [-0.25, -0.2) is 13.2 Å². The van der Waals surface area contributed by atoms with Gasteiger partial charge in [0.1, 0.15) is 12.4 Å². The highest BCUT2D eigenvalue weighted by molar-refractivity contribution is 5.23. The lowest BCUT2D eigenvalue weighted by Gasteiger charge is -2.19. The van der Waals surface area contributed by atoms with Crippen LogP contribution in [0.1, 0.15) is 24.9 Å². The molecule has 1 rings (SSSR count). The van der Waals surface area contributed by atoms with Gasteiger partial charge in [0.25, 0.3) is 0 Å². The zero-order valence-corrected chi connectivity index (χ0v) is 11.2. The van der Waals surface area contributed by atoms with E-state index < -0.39 is 36.3 Å². The topological polar surface area (TPSA) is 21.3 Å². The molecule has 2 nitrogen and oxygen atoms in total. The van der Waals surface area contributed by atoms with E-state index in [9.17, 15) is 26.3 Å². The van der Waals surface area contributed by atoms with Crippen molar-refractivity contribution in [3.05, 3.63) is 35.1 Å². The van der Waals surface area contributed by atoms with Gasteiger partial charge in [0, 0.05) is 24.3 Å². The van der Waals surface area contributed by atoms with E-state index in [2.05, 4.69) is 10.1 Å². The molecule has 0 aliphatic rings. The van der Waals surface area contributed by atoms with Gasteiger partial charge in [-0.3, -0.25) is 0 Å². The molecule has 0 fully saturated rings. The van der Waals surface area contributed by atoms with E-state index in [1.54, 1.807) is 6.92 Å². The molecule has 0 amide bonds.